The molecule has 0 bridgehead atoms. The second-order valence-corrected chi connectivity index (χ2v) is 6.72. The summed E-state index contributed by atoms with van der Waals surface area (Å²) in [6.07, 6.45) is 2.63. The molecule has 1 aromatic rings. The molecule has 0 aromatic heterocycles. The molecule has 4 heteroatoms. The summed E-state index contributed by atoms with van der Waals surface area (Å²) in [4.78, 5) is 5.14. The Hall–Kier alpha value is -0.940. The van der Waals surface area contributed by atoms with Crippen molar-refractivity contribution < 1.29 is 4.74 Å². The zero-order chi connectivity index (χ0) is 15.9. The van der Waals surface area contributed by atoms with E-state index < -0.39 is 0 Å². The average molecular weight is 317 g/mol. The summed E-state index contributed by atoms with van der Waals surface area (Å²) in [6.45, 7) is 10.7. The van der Waals surface area contributed by atoms with Crippen molar-refractivity contribution in [2.75, 3.05) is 52.5 Å². The van der Waals surface area contributed by atoms with Crippen LogP contribution in [0.3, 0.4) is 0 Å². The molecule has 0 aliphatic carbocycles. The molecule has 2 unspecified atom stereocenters. The SMILES string of the molecule is CCN1CCCC(NCC(c2ccccc2)N2CCOCC2)C1. The number of nitrogens with zero attached hydrogens (tertiary/aromatic N) is 2. The summed E-state index contributed by atoms with van der Waals surface area (Å²) < 4.78 is 5.54. The molecular formula is C19H31N3O. The van der Waals surface area contributed by atoms with Crippen LogP contribution < -0.4 is 5.32 Å². The average Bonchev–Trinajstić information content (AvgIpc) is 2.64. The van der Waals surface area contributed by atoms with Crippen LogP contribution in [0.2, 0.25) is 0 Å². The second kappa shape index (κ2) is 8.78. The highest BCUT2D eigenvalue weighted by molar-refractivity contribution is 5.19. The molecule has 3 rings (SSSR count). The lowest BCUT2D eigenvalue weighted by Gasteiger charge is -2.37. The Labute approximate surface area is 140 Å². The minimum Gasteiger partial charge on any atom is -0.379 e. The maximum absolute atomic E-state index is 5.54. The van der Waals surface area contributed by atoms with E-state index in [1.807, 2.05) is 0 Å². The number of piperidine rings is 1. The standard InChI is InChI=1S/C19H31N3O/c1-2-21-10-6-9-18(16-21)20-15-19(17-7-4-3-5-8-17)22-11-13-23-14-12-22/h3-5,7-8,18-20H,2,6,9-16H2,1H3. The van der Waals surface area contributed by atoms with Gasteiger partial charge in [-0.15, -0.1) is 0 Å². The number of likely N-dealkylation sites (N-methyl/N-ethyl adjacent to an activating group) is 1. The Balaban J connectivity index is 1.61. The van der Waals surface area contributed by atoms with Crippen LogP contribution in [0.4, 0.5) is 0 Å². The topological polar surface area (TPSA) is 27.7 Å². The van der Waals surface area contributed by atoms with Crippen LogP contribution in [0, 0.1) is 0 Å². The summed E-state index contributed by atoms with van der Waals surface area (Å²) in [6, 6.07) is 12.0. The zero-order valence-corrected chi connectivity index (χ0v) is 14.4. The molecule has 0 spiro atoms. The first-order valence-corrected chi connectivity index (χ1v) is 9.19. The predicted octanol–water partition coefficient (Wildman–Crippen LogP) is 2.13. The van der Waals surface area contributed by atoms with Crippen LogP contribution in [0.1, 0.15) is 31.4 Å². The van der Waals surface area contributed by atoms with Crippen molar-refractivity contribution in [1.82, 2.24) is 15.1 Å². The molecule has 2 fully saturated rings. The van der Waals surface area contributed by atoms with Crippen LogP contribution in [-0.2, 0) is 4.74 Å². The lowest BCUT2D eigenvalue weighted by atomic mass is 10.0. The number of nitrogens with one attached hydrogen (secondary N) is 1. The third kappa shape index (κ3) is 4.77. The Bertz CT molecular complexity index is 447. The summed E-state index contributed by atoms with van der Waals surface area (Å²) in [5.41, 5.74) is 1.42. The first-order valence-electron chi connectivity index (χ1n) is 9.19. The van der Waals surface area contributed by atoms with Gasteiger partial charge in [-0.3, -0.25) is 4.90 Å². The number of likely N-dealkylation sites (tertiary alicyclic amines) is 1. The highest BCUT2D eigenvalue weighted by atomic mass is 16.5. The number of rotatable bonds is 6. The van der Waals surface area contributed by atoms with Gasteiger partial charge in [-0.25, -0.2) is 0 Å². The van der Waals surface area contributed by atoms with Crippen LogP contribution in [0.25, 0.3) is 0 Å². The molecule has 2 heterocycles. The van der Waals surface area contributed by atoms with Gasteiger partial charge in [0.15, 0.2) is 0 Å². The minimum absolute atomic E-state index is 0.456. The fraction of sp³-hybridized carbons (Fsp3) is 0.684. The Kier molecular flexibility index (Phi) is 6.46. The highest BCUT2D eigenvalue weighted by Crippen LogP contribution is 2.22. The number of ether oxygens (including phenoxy) is 1. The molecule has 23 heavy (non-hydrogen) atoms. The van der Waals surface area contributed by atoms with Crippen LogP contribution in [-0.4, -0.2) is 68.3 Å². The van der Waals surface area contributed by atoms with E-state index in [4.69, 9.17) is 4.74 Å². The number of benzene rings is 1. The van der Waals surface area contributed by atoms with E-state index in [1.165, 1.54) is 38.0 Å². The van der Waals surface area contributed by atoms with Gasteiger partial charge in [0, 0.05) is 38.3 Å². The molecule has 2 atom stereocenters. The molecule has 2 aliphatic heterocycles. The largest absolute Gasteiger partial charge is 0.379 e. The quantitative estimate of drug-likeness (QED) is 0.870. The van der Waals surface area contributed by atoms with E-state index in [2.05, 4.69) is 52.4 Å². The second-order valence-electron chi connectivity index (χ2n) is 6.72. The van der Waals surface area contributed by atoms with Gasteiger partial charge in [-0.2, -0.15) is 0 Å². The van der Waals surface area contributed by atoms with Gasteiger partial charge in [0.1, 0.15) is 0 Å². The molecule has 4 nitrogen and oxygen atoms in total. The summed E-state index contributed by atoms with van der Waals surface area (Å²) in [5, 5.41) is 3.86. The van der Waals surface area contributed by atoms with Crippen LogP contribution in [0.15, 0.2) is 30.3 Å². The van der Waals surface area contributed by atoms with E-state index in [1.54, 1.807) is 0 Å². The number of morpholine rings is 1. The molecule has 1 aromatic carbocycles. The van der Waals surface area contributed by atoms with Crippen molar-refractivity contribution in [3.63, 3.8) is 0 Å². The number of hydrogen-bond acceptors (Lipinski definition) is 4. The molecule has 0 saturated carbocycles. The van der Waals surface area contributed by atoms with Gasteiger partial charge in [0.05, 0.1) is 13.2 Å². The fourth-order valence-corrected chi connectivity index (χ4v) is 3.81. The molecular weight excluding hydrogens is 286 g/mol. The lowest BCUT2D eigenvalue weighted by Crippen LogP contribution is -2.49. The Morgan fingerprint density at radius 1 is 1.17 bits per heavy atom. The Morgan fingerprint density at radius 3 is 2.70 bits per heavy atom. The highest BCUT2D eigenvalue weighted by Gasteiger charge is 2.24. The maximum atomic E-state index is 5.54. The normalized spacial score (nSPS) is 25.3. The van der Waals surface area contributed by atoms with Crippen molar-refractivity contribution >= 4 is 0 Å². The van der Waals surface area contributed by atoms with Gasteiger partial charge in [-0.05, 0) is 31.5 Å². The minimum atomic E-state index is 0.456. The molecule has 0 amide bonds. The molecule has 1 N–H and O–H groups in total. The Morgan fingerprint density at radius 2 is 1.96 bits per heavy atom. The first kappa shape index (κ1) is 16.9. The van der Waals surface area contributed by atoms with Crippen molar-refractivity contribution in [3.05, 3.63) is 35.9 Å². The van der Waals surface area contributed by atoms with E-state index in [-0.39, 0.29) is 0 Å². The van der Waals surface area contributed by atoms with Gasteiger partial charge in [0.25, 0.3) is 0 Å². The third-order valence-electron chi connectivity index (χ3n) is 5.22. The molecule has 128 valence electrons. The van der Waals surface area contributed by atoms with Gasteiger partial charge in [-0.1, -0.05) is 37.3 Å². The maximum Gasteiger partial charge on any atom is 0.0594 e. The number of hydrogen-bond donors (Lipinski definition) is 1. The van der Waals surface area contributed by atoms with Crippen molar-refractivity contribution in [2.24, 2.45) is 0 Å². The fourth-order valence-electron chi connectivity index (χ4n) is 3.81. The monoisotopic (exact) mass is 317 g/mol. The molecule has 0 radical (unpaired) electrons. The smallest absolute Gasteiger partial charge is 0.0594 e. The lowest BCUT2D eigenvalue weighted by molar-refractivity contribution is 0.0150. The van der Waals surface area contributed by atoms with Gasteiger partial charge in [0.2, 0.25) is 0 Å². The van der Waals surface area contributed by atoms with Crippen LogP contribution in [0.5, 0.6) is 0 Å². The first-order chi connectivity index (χ1) is 11.4. The van der Waals surface area contributed by atoms with Crippen LogP contribution >= 0.6 is 0 Å². The van der Waals surface area contributed by atoms with E-state index in [0.717, 1.165) is 32.8 Å². The third-order valence-corrected chi connectivity index (χ3v) is 5.22. The predicted molar refractivity (Wildman–Crippen MR) is 94.7 cm³/mol. The molecule has 2 aliphatic rings. The summed E-state index contributed by atoms with van der Waals surface area (Å²) in [5.74, 6) is 0. The summed E-state index contributed by atoms with van der Waals surface area (Å²) >= 11 is 0. The van der Waals surface area contributed by atoms with Gasteiger partial charge >= 0.3 is 0 Å². The summed E-state index contributed by atoms with van der Waals surface area (Å²) in [7, 11) is 0. The molecule has 2 saturated heterocycles. The van der Waals surface area contributed by atoms with Crippen molar-refractivity contribution in [3.8, 4) is 0 Å². The van der Waals surface area contributed by atoms with Gasteiger partial charge < -0.3 is 15.0 Å². The van der Waals surface area contributed by atoms with Crippen molar-refractivity contribution in [2.45, 2.75) is 31.8 Å². The van der Waals surface area contributed by atoms with E-state index in [9.17, 15) is 0 Å². The zero-order valence-electron chi connectivity index (χ0n) is 14.4. The van der Waals surface area contributed by atoms with E-state index >= 15 is 0 Å². The van der Waals surface area contributed by atoms with Crippen molar-refractivity contribution in [1.29, 1.82) is 0 Å². The van der Waals surface area contributed by atoms with E-state index in [0.29, 0.717) is 12.1 Å².